The molecule has 0 saturated heterocycles. The quantitative estimate of drug-likeness (QED) is 0.665. The van der Waals surface area contributed by atoms with E-state index >= 15 is 0 Å². The van der Waals surface area contributed by atoms with Gasteiger partial charge in [0, 0.05) is 13.4 Å². The summed E-state index contributed by atoms with van der Waals surface area (Å²) in [4.78, 5) is 2.33. The summed E-state index contributed by atoms with van der Waals surface area (Å²) in [5.74, 6) is 0.723. The van der Waals surface area contributed by atoms with Crippen LogP contribution in [-0.2, 0) is 0 Å². The normalized spacial score (nSPS) is 10.2. The topological polar surface area (TPSA) is 35.2 Å². The van der Waals surface area contributed by atoms with Gasteiger partial charge in [0.1, 0.15) is 5.75 Å². The Kier molecular flexibility index (Phi) is 4.17. The molecule has 0 heterocycles. The van der Waals surface area contributed by atoms with Crippen LogP contribution < -0.4 is 10.5 Å². The Bertz CT molecular complexity index is 513. The zero-order valence-electron chi connectivity index (χ0n) is 9.31. The van der Waals surface area contributed by atoms with Crippen LogP contribution >= 0.6 is 34.4 Å². The van der Waals surface area contributed by atoms with Crippen molar-refractivity contribution in [2.45, 2.75) is 9.79 Å². The Morgan fingerprint density at radius 1 is 1.06 bits per heavy atom. The lowest BCUT2D eigenvalue weighted by molar-refractivity contribution is 0.416. The molecule has 4 heteroatoms. The highest BCUT2D eigenvalue weighted by molar-refractivity contribution is 14.1. The predicted octanol–water partition coefficient (Wildman–Crippen LogP) is 4.03. The maximum absolute atomic E-state index is 5.78. The first-order valence-corrected chi connectivity index (χ1v) is 6.95. The van der Waals surface area contributed by atoms with Crippen molar-refractivity contribution in [3.8, 4) is 5.75 Å². The first-order valence-electron chi connectivity index (χ1n) is 5.06. The Balaban J connectivity index is 2.21. The Morgan fingerprint density at radius 2 is 1.71 bits per heavy atom. The van der Waals surface area contributed by atoms with Crippen LogP contribution in [-0.4, -0.2) is 7.11 Å². The third kappa shape index (κ3) is 3.29. The van der Waals surface area contributed by atoms with Crippen LogP contribution in [0.3, 0.4) is 0 Å². The van der Waals surface area contributed by atoms with Crippen molar-refractivity contribution in [3.63, 3.8) is 0 Å². The molecule has 0 fully saturated rings. The van der Waals surface area contributed by atoms with Gasteiger partial charge in [-0.25, -0.2) is 0 Å². The number of halogens is 1. The third-order valence-corrected chi connectivity index (χ3v) is 3.97. The van der Waals surface area contributed by atoms with E-state index in [9.17, 15) is 0 Å². The minimum absolute atomic E-state index is 0.666. The zero-order chi connectivity index (χ0) is 12.3. The highest BCUT2D eigenvalue weighted by Crippen LogP contribution is 2.32. The van der Waals surface area contributed by atoms with Gasteiger partial charge in [-0.05, 0) is 65.1 Å². The minimum atomic E-state index is 0.666. The molecule has 0 spiro atoms. The van der Waals surface area contributed by atoms with Gasteiger partial charge in [0.15, 0.2) is 0 Å². The molecule has 17 heavy (non-hydrogen) atoms. The molecule has 0 aliphatic heterocycles. The van der Waals surface area contributed by atoms with Gasteiger partial charge in [-0.3, -0.25) is 0 Å². The van der Waals surface area contributed by atoms with Gasteiger partial charge >= 0.3 is 0 Å². The van der Waals surface area contributed by atoms with Crippen molar-refractivity contribution in [2.24, 2.45) is 0 Å². The standard InChI is InChI=1S/C13H12INOS/c1-16-13-8-11(6-7-12(13)15)17-10-4-2-9(14)3-5-10/h2-8H,15H2,1H3. The molecule has 0 aromatic heterocycles. The maximum Gasteiger partial charge on any atom is 0.142 e. The molecule has 2 nitrogen and oxygen atoms in total. The molecule has 0 aliphatic rings. The van der Waals surface area contributed by atoms with Crippen LogP contribution in [0.5, 0.6) is 5.75 Å². The summed E-state index contributed by atoms with van der Waals surface area (Å²) in [5, 5.41) is 0. The average molecular weight is 357 g/mol. The molecule has 0 amide bonds. The summed E-state index contributed by atoms with van der Waals surface area (Å²) >= 11 is 3.99. The smallest absolute Gasteiger partial charge is 0.142 e. The van der Waals surface area contributed by atoms with Gasteiger partial charge in [-0.15, -0.1) is 0 Å². The molecule has 2 N–H and O–H groups in total. The highest BCUT2D eigenvalue weighted by atomic mass is 127. The number of methoxy groups -OCH3 is 1. The van der Waals surface area contributed by atoms with Crippen molar-refractivity contribution >= 4 is 40.0 Å². The predicted molar refractivity (Wildman–Crippen MR) is 80.7 cm³/mol. The molecule has 0 atom stereocenters. The van der Waals surface area contributed by atoms with E-state index in [2.05, 4.69) is 46.9 Å². The van der Waals surface area contributed by atoms with E-state index in [1.807, 2.05) is 18.2 Å². The van der Waals surface area contributed by atoms with Crippen molar-refractivity contribution in [2.75, 3.05) is 12.8 Å². The first-order chi connectivity index (χ1) is 8.19. The lowest BCUT2D eigenvalue weighted by atomic mass is 10.3. The lowest BCUT2D eigenvalue weighted by Gasteiger charge is -2.07. The maximum atomic E-state index is 5.78. The van der Waals surface area contributed by atoms with Crippen molar-refractivity contribution in [1.82, 2.24) is 0 Å². The second-order valence-corrected chi connectivity index (χ2v) is 5.85. The Hall–Kier alpha value is -0.880. The van der Waals surface area contributed by atoms with E-state index in [1.165, 1.54) is 8.47 Å². The molecule has 0 bridgehead atoms. The number of benzene rings is 2. The number of hydrogen-bond acceptors (Lipinski definition) is 3. The van der Waals surface area contributed by atoms with Gasteiger partial charge in [-0.2, -0.15) is 0 Å². The monoisotopic (exact) mass is 357 g/mol. The number of ether oxygens (including phenoxy) is 1. The van der Waals surface area contributed by atoms with Gasteiger partial charge in [-0.1, -0.05) is 11.8 Å². The lowest BCUT2D eigenvalue weighted by Crippen LogP contribution is -1.91. The largest absolute Gasteiger partial charge is 0.495 e. The van der Waals surface area contributed by atoms with Crippen LogP contribution in [0.2, 0.25) is 0 Å². The summed E-state index contributed by atoms with van der Waals surface area (Å²) in [6.07, 6.45) is 0. The molecule has 0 unspecified atom stereocenters. The second kappa shape index (κ2) is 5.64. The molecule has 2 aromatic carbocycles. The van der Waals surface area contributed by atoms with Crippen LogP contribution in [0.15, 0.2) is 52.3 Å². The van der Waals surface area contributed by atoms with Crippen LogP contribution in [0, 0.1) is 3.57 Å². The minimum Gasteiger partial charge on any atom is -0.495 e. The van der Waals surface area contributed by atoms with Gasteiger partial charge in [0.2, 0.25) is 0 Å². The summed E-state index contributed by atoms with van der Waals surface area (Å²) in [6.45, 7) is 0. The van der Waals surface area contributed by atoms with Gasteiger partial charge in [0.25, 0.3) is 0 Å². The molecular weight excluding hydrogens is 345 g/mol. The van der Waals surface area contributed by atoms with E-state index in [0.717, 1.165) is 10.6 Å². The molecule has 88 valence electrons. The van der Waals surface area contributed by atoms with E-state index in [1.54, 1.807) is 18.9 Å². The summed E-state index contributed by atoms with van der Waals surface area (Å²) < 4.78 is 6.44. The number of rotatable bonds is 3. The van der Waals surface area contributed by atoms with E-state index in [4.69, 9.17) is 10.5 Å². The number of nitrogens with two attached hydrogens (primary N) is 1. The molecular formula is C13H12INOS. The fourth-order valence-electron chi connectivity index (χ4n) is 1.39. The fraction of sp³-hybridized carbons (Fsp3) is 0.0769. The second-order valence-electron chi connectivity index (χ2n) is 3.46. The first kappa shape index (κ1) is 12.6. The van der Waals surface area contributed by atoms with Crippen molar-refractivity contribution < 1.29 is 4.74 Å². The molecule has 0 aliphatic carbocycles. The van der Waals surface area contributed by atoms with Crippen molar-refractivity contribution in [3.05, 3.63) is 46.0 Å². The van der Waals surface area contributed by atoms with E-state index in [0.29, 0.717) is 5.69 Å². The Morgan fingerprint density at radius 3 is 2.35 bits per heavy atom. The summed E-state index contributed by atoms with van der Waals surface area (Å²) in [5.41, 5.74) is 6.44. The van der Waals surface area contributed by atoms with E-state index < -0.39 is 0 Å². The van der Waals surface area contributed by atoms with Crippen LogP contribution in [0.25, 0.3) is 0 Å². The number of nitrogen functional groups attached to an aromatic ring is 1. The highest BCUT2D eigenvalue weighted by Gasteiger charge is 2.02. The third-order valence-electron chi connectivity index (χ3n) is 2.25. The molecule has 0 radical (unpaired) electrons. The van der Waals surface area contributed by atoms with Crippen molar-refractivity contribution in [1.29, 1.82) is 0 Å². The van der Waals surface area contributed by atoms with Gasteiger partial charge < -0.3 is 10.5 Å². The zero-order valence-corrected chi connectivity index (χ0v) is 12.3. The summed E-state index contributed by atoms with van der Waals surface area (Å²) in [6, 6.07) is 14.2. The molecule has 0 saturated carbocycles. The summed E-state index contributed by atoms with van der Waals surface area (Å²) in [7, 11) is 1.63. The number of anilines is 1. The fourth-order valence-corrected chi connectivity index (χ4v) is 2.60. The van der Waals surface area contributed by atoms with Crippen LogP contribution in [0.4, 0.5) is 5.69 Å². The van der Waals surface area contributed by atoms with E-state index in [-0.39, 0.29) is 0 Å². The number of hydrogen-bond donors (Lipinski definition) is 1. The molecule has 2 rings (SSSR count). The SMILES string of the molecule is COc1cc(Sc2ccc(I)cc2)ccc1N. The molecule has 2 aromatic rings. The Labute approximate surface area is 119 Å². The van der Waals surface area contributed by atoms with Crippen LogP contribution in [0.1, 0.15) is 0 Å². The average Bonchev–Trinajstić information content (AvgIpc) is 2.34. The van der Waals surface area contributed by atoms with Gasteiger partial charge in [0.05, 0.1) is 12.8 Å².